The number of nitrogens with one attached hydrogen (secondary N) is 1. The predicted octanol–water partition coefficient (Wildman–Crippen LogP) is 2.67. The van der Waals surface area contributed by atoms with E-state index in [0.717, 1.165) is 12.1 Å². The minimum Gasteiger partial charge on any atom is -0.457 e. The largest absolute Gasteiger partial charge is 0.457 e. The summed E-state index contributed by atoms with van der Waals surface area (Å²) in [6.45, 7) is 6.38. The van der Waals surface area contributed by atoms with Crippen LogP contribution in [0.15, 0.2) is 24.3 Å². The quantitative estimate of drug-likeness (QED) is 0.797. The highest BCUT2D eigenvalue weighted by Gasteiger charge is 2.18. The third-order valence-electron chi connectivity index (χ3n) is 2.56. The van der Waals surface area contributed by atoms with Gasteiger partial charge in [0.15, 0.2) is 0 Å². The van der Waals surface area contributed by atoms with Crippen molar-refractivity contribution in [1.29, 1.82) is 0 Å². The zero-order valence-corrected chi connectivity index (χ0v) is 11.0. The number of rotatable bonds is 5. The van der Waals surface area contributed by atoms with E-state index < -0.39 is 0 Å². The Bertz CT molecular complexity index is 374. The summed E-state index contributed by atoms with van der Waals surface area (Å²) in [5.41, 5.74) is 2.26. The summed E-state index contributed by atoms with van der Waals surface area (Å²) in [4.78, 5) is 11.1. The summed E-state index contributed by atoms with van der Waals surface area (Å²) in [5, 5.41) is 3.11. The van der Waals surface area contributed by atoms with Gasteiger partial charge in [-0.1, -0.05) is 38.1 Å². The van der Waals surface area contributed by atoms with Crippen LogP contribution >= 0.6 is 0 Å². The van der Waals surface area contributed by atoms with Gasteiger partial charge in [0.25, 0.3) is 0 Å². The first-order valence-corrected chi connectivity index (χ1v) is 5.95. The molecular weight excluding hydrogens is 214 g/mol. The third kappa shape index (κ3) is 4.19. The Labute approximate surface area is 103 Å². The summed E-state index contributed by atoms with van der Waals surface area (Å²) in [5.74, 6) is 0.0338. The van der Waals surface area contributed by atoms with Gasteiger partial charge in [-0.2, -0.15) is 0 Å². The molecule has 1 rings (SSSR count). The average molecular weight is 235 g/mol. The van der Waals surface area contributed by atoms with Gasteiger partial charge in [0.2, 0.25) is 0 Å². The van der Waals surface area contributed by atoms with Crippen molar-refractivity contribution in [2.75, 3.05) is 7.05 Å². The third-order valence-corrected chi connectivity index (χ3v) is 2.56. The molecule has 0 saturated heterocycles. The van der Waals surface area contributed by atoms with Crippen LogP contribution in [0.2, 0.25) is 0 Å². The molecule has 3 nitrogen and oxygen atoms in total. The monoisotopic (exact) mass is 235 g/mol. The van der Waals surface area contributed by atoms with Gasteiger partial charge in [0.05, 0.1) is 0 Å². The molecule has 3 heteroatoms. The van der Waals surface area contributed by atoms with Crippen LogP contribution < -0.4 is 5.32 Å². The fourth-order valence-electron chi connectivity index (χ4n) is 1.85. The number of hydrogen-bond acceptors (Lipinski definition) is 3. The first-order chi connectivity index (χ1) is 8.04. The van der Waals surface area contributed by atoms with Crippen LogP contribution in [0.25, 0.3) is 0 Å². The van der Waals surface area contributed by atoms with E-state index in [1.165, 1.54) is 12.5 Å². The lowest BCUT2D eigenvalue weighted by atomic mass is 9.97. The van der Waals surface area contributed by atoms with Crippen molar-refractivity contribution in [1.82, 2.24) is 5.32 Å². The molecule has 0 aliphatic carbocycles. The van der Waals surface area contributed by atoms with Crippen LogP contribution in [-0.2, 0) is 16.1 Å². The van der Waals surface area contributed by atoms with E-state index in [-0.39, 0.29) is 18.0 Å². The number of esters is 1. The van der Waals surface area contributed by atoms with Gasteiger partial charge < -0.3 is 10.1 Å². The van der Waals surface area contributed by atoms with Gasteiger partial charge in [-0.05, 0) is 24.1 Å². The van der Waals surface area contributed by atoms with Crippen LogP contribution in [-0.4, -0.2) is 13.0 Å². The lowest BCUT2D eigenvalue weighted by molar-refractivity contribution is -0.149. The van der Waals surface area contributed by atoms with Gasteiger partial charge in [0, 0.05) is 13.5 Å². The molecule has 0 aliphatic heterocycles. The van der Waals surface area contributed by atoms with Gasteiger partial charge in [0.1, 0.15) is 6.10 Å². The normalized spacial score (nSPS) is 12.5. The minimum atomic E-state index is -0.234. The maximum absolute atomic E-state index is 11.1. The molecule has 1 N–H and O–H groups in total. The second-order valence-corrected chi connectivity index (χ2v) is 4.55. The van der Waals surface area contributed by atoms with E-state index in [1.54, 1.807) is 0 Å². The molecule has 94 valence electrons. The molecule has 0 saturated carbocycles. The molecule has 0 spiro atoms. The molecule has 0 aromatic heterocycles. The zero-order chi connectivity index (χ0) is 12.8. The summed E-state index contributed by atoms with van der Waals surface area (Å²) in [6, 6.07) is 8.16. The summed E-state index contributed by atoms with van der Waals surface area (Å²) < 4.78 is 5.37. The van der Waals surface area contributed by atoms with Crippen LogP contribution in [0.3, 0.4) is 0 Å². The Balaban J connectivity index is 2.93. The predicted molar refractivity (Wildman–Crippen MR) is 68.6 cm³/mol. The van der Waals surface area contributed by atoms with Crippen LogP contribution in [0.5, 0.6) is 0 Å². The molecule has 0 fully saturated rings. The molecule has 1 atom stereocenters. The van der Waals surface area contributed by atoms with Gasteiger partial charge in [-0.25, -0.2) is 0 Å². The highest BCUT2D eigenvalue weighted by molar-refractivity contribution is 5.66. The Hall–Kier alpha value is -1.35. The van der Waals surface area contributed by atoms with E-state index in [2.05, 4.69) is 31.3 Å². The molecule has 0 heterocycles. The number of benzene rings is 1. The maximum Gasteiger partial charge on any atom is 0.303 e. The maximum atomic E-state index is 11.1. The van der Waals surface area contributed by atoms with Crippen molar-refractivity contribution < 1.29 is 9.53 Å². The fourth-order valence-corrected chi connectivity index (χ4v) is 1.85. The molecule has 1 aromatic rings. The molecule has 0 aliphatic rings. The lowest BCUT2D eigenvalue weighted by Crippen LogP contribution is -2.15. The second-order valence-electron chi connectivity index (χ2n) is 4.55. The second kappa shape index (κ2) is 6.40. The molecule has 0 radical (unpaired) electrons. The van der Waals surface area contributed by atoms with Crippen molar-refractivity contribution in [3.05, 3.63) is 35.4 Å². The van der Waals surface area contributed by atoms with Crippen LogP contribution in [0, 0.1) is 5.92 Å². The first kappa shape index (κ1) is 13.7. The van der Waals surface area contributed by atoms with Gasteiger partial charge in [-0.3, -0.25) is 4.79 Å². The topological polar surface area (TPSA) is 38.3 Å². The highest BCUT2D eigenvalue weighted by atomic mass is 16.5. The number of hydrogen-bond donors (Lipinski definition) is 1. The van der Waals surface area contributed by atoms with Crippen LogP contribution in [0.1, 0.15) is 38.0 Å². The Kier molecular flexibility index (Phi) is 5.16. The molecular formula is C14H21NO2. The Morgan fingerprint density at radius 1 is 1.41 bits per heavy atom. The van der Waals surface area contributed by atoms with E-state index >= 15 is 0 Å². The van der Waals surface area contributed by atoms with Gasteiger partial charge >= 0.3 is 5.97 Å². The number of carbonyl (C=O) groups excluding carboxylic acids is 1. The SMILES string of the molecule is CNCc1cccc(C(OC(C)=O)C(C)C)c1. The number of carbonyl (C=O) groups is 1. The molecule has 1 unspecified atom stereocenters. The Morgan fingerprint density at radius 2 is 2.12 bits per heavy atom. The zero-order valence-electron chi connectivity index (χ0n) is 11.0. The van der Waals surface area contributed by atoms with Crippen molar-refractivity contribution in [2.24, 2.45) is 5.92 Å². The van der Waals surface area contributed by atoms with Crippen molar-refractivity contribution in [3.63, 3.8) is 0 Å². The van der Waals surface area contributed by atoms with E-state index in [0.29, 0.717) is 0 Å². The smallest absolute Gasteiger partial charge is 0.303 e. The van der Waals surface area contributed by atoms with E-state index in [1.807, 2.05) is 19.2 Å². The molecule has 1 aromatic carbocycles. The average Bonchev–Trinajstić information content (AvgIpc) is 2.26. The molecule has 0 bridgehead atoms. The summed E-state index contributed by atoms with van der Waals surface area (Å²) in [6.07, 6.45) is -0.163. The van der Waals surface area contributed by atoms with Crippen molar-refractivity contribution in [2.45, 2.75) is 33.4 Å². The lowest BCUT2D eigenvalue weighted by Gasteiger charge is -2.21. The highest BCUT2D eigenvalue weighted by Crippen LogP contribution is 2.26. The van der Waals surface area contributed by atoms with E-state index in [9.17, 15) is 4.79 Å². The number of ether oxygens (including phenoxy) is 1. The Morgan fingerprint density at radius 3 is 2.65 bits per heavy atom. The minimum absolute atomic E-state index is 0.163. The standard InChI is InChI=1S/C14H21NO2/c1-10(2)14(17-11(3)16)13-7-5-6-12(8-13)9-15-4/h5-8,10,14-15H,9H2,1-4H3. The van der Waals surface area contributed by atoms with Gasteiger partial charge in [-0.15, -0.1) is 0 Å². The fraction of sp³-hybridized carbons (Fsp3) is 0.500. The van der Waals surface area contributed by atoms with Crippen molar-refractivity contribution >= 4 is 5.97 Å². The first-order valence-electron chi connectivity index (χ1n) is 5.95. The summed E-state index contributed by atoms with van der Waals surface area (Å²) in [7, 11) is 1.92. The molecule has 17 heavy (non-hydrogen) atoms. The van der Waals surface area contributed by atoms with Crippen LogP contribution in [0.4, 0.5) is 0 Å². The van der Waals surface area contributed by atoms with E-state index in [4.69, 9.17) is 4.74 Å². The summed E-state index contributed by atoms with van der Waals surface area (Å²) >= 11 is 0. The van der Waals surface area contributed by atoms with Crippen molar-refractivity contribution in [3.8, 4) is 0 Å². The molecule has 0 amide bonds.